The Morgan fingerprint density at radius 3 is 2.47 bits per heavy atom. The van der Waals surface area contributed by atoms with Crippen LogP contribution >= 0.6 is 0 Å². The molecule has 2 aliphatic heterocycles. The second-order valence-corrected chi connectivity index (χ2v) is 8.40. The minimum Gasteiger partial charge on any atom is -0.338 e. The molecule has 0 spiro atoms. The van der Waals surface area contributed by atoms with Crippen LogP contribution in [0.3, 0.4) is 0 Å². The normalized spacial score (nSPS) is 21.7. The number of nitrogens with zero attached hydrogens (tertiary/aromatic N) is 2. The predicted octanol–water partition coefficient (Wildman–Crippen LogP) is 3.15. The van der Waals surface area contributed by atoms with E-state index in [0.717, 1.165) is 36.8 Å². The number of hydrogen-bond donors (Lipinski definition) is 1. The maximum atomic E-state index is 13.4. The van der Waals surface area contributed by atoms with Crippen molar-refractivity contribution in [2.75, 3.05) is 25.0 Å². The third-order valence-electron chi connectivity index (χ3n) is 6.57. The van der Waals surface area contributed by atoms with Crippen molar-refractivity contribution in [1.29, 1.82) is 0 Å². The van der Waals surface area contributed by atoms with Gasteiger partial charge in [-0.15, -0.1) is 0 Å². The molecule has 1 aliphatic carbocycles. The summed E-state index contributed by atoms with van der Waals surface area (Å²) >= 11 is 0. The van der Waals surface area contributed by atoms with Crippen LogP contribution in [0.1, 0.15) is 36.0 Å². The molecule has 154 valence electrons. The van der Waals surface area contributed by atoms with Crippen LogP contribution in [0.25, 0.3) is 11.1 Å². The molecule has 3 amide bonds. The summed E-state index contributed by atoms with van der Waals surface area (Å²) in [5, 5.41) is 2.92. The number of nitrogens with one attached hydrogen (secondary N) is 1. The van der Waals surface area contributed by atoms with E-state index in [1.807, 2.05) is 42.5 Å². The first-order valence-corrected chi connectivity index (χ1v) is 10.7. The largest absolute Gasteiger partial charge is 0.338 e. The Bertz CT molecular complexity index is 998. The fourth-order valence-corrected chi connectivity index (χ4v) is 4.89. The average Bonchev–Trinajstić information content (AvgIpc) is 3.30. The molecular formula is C24H25N3O3. The van der Waals surface area contributed by atoms with E-state index in [4.69, 9.17) is 0 Å². The summed E-state index contributed by atoms with van der Waals surface area (Å²) in [5.74, 6) is -0.162. The summed E-state index contributed by atoms with van der Waals surface area (Å²) in [7, 11) is 0. The van der Waals surface area contributed by atoms with Crippen LogP contribution in [0.4, 0.5) is 5.69 Å². The smallest absolute Gasteiger partial charge is 0.256 e. The van der Waals surface area contributed by atoms with Crippen molar-refractivity contribution in [2.45, 2.75) is 31.7 Å². The molecule has 2 fully saturated rings. The zero-order chi connectivity index (χ0) is 20.7. The van der Waals surface area contributed by atoms with Crippen molar-refractivity contribution in [1.82, 2.24) is 9.80 Å². The second kappa shape index (κ2) is 7.59. The summed E-state index contributed by atoms with van der Waals surface area (Å²) in [6, 6.07) is 14.8. The van der Waals surface area contributed by atoms with Crippen molar-refractivity contribution in [2.24, 2.45) is 5.92 Å². The van der Waals surface area contributed by atoms with Crippen molar-refractivity contribution in [3.05, 3.63) is 54.1 Å². The van der Waals surface area contributed by atoms with E-state index in [0.29, 0.717) is 24.3 Å². The van der Waals surface area contributed by atoms with Gasteiger partial charge in [0, 0.05) is 19.0 Å². The Morgan fingerprint density at radius 1 is 0.933 bits per heavy atom. The summed E-state index contributed by atoms with van der Waals surface area (Å²) < 4.78 is 0. The third-order valence-corrected chi connectivity index (χ3v) is 6.57. The van der Waals surface area contributed by atoms with Crippen LogP contribution in [-0.2, 0) is 9.59 Å². The third kappa shape index (κ3) is 3.26. The molecule has 1 saturated heterocycles. The quantitative estimate of drug-likeness (QED) is 0.838. The summed E-state index contributed by atoms with van der Waals surface area (Å²) in [4.78, 5) is 42.6. The number of amides is 3. The fourth-order valence-electron chi connectivity index (χ4n) is 4.89. The lowest BCUT2D eigenvalue weighted by molar-refractivity contribution is -0.139. The van der Waals surface area contributed by atoms with Crippen LogP contribution in [0.2, 0.25) is 0 Å². The first-order valence-electron chi connectivity index (χ1n) is 10.7. The highest BCUT2D eigenvalue weighted by Crippen LogP contribution is 2.31. The monoisotopic (exact) mass is 403 g/mol. The first kappa shape index (κ1) is 18.9. The van der Waals surface area contributed by atoms with Crippen LogP contribution in [0.15, 0.2) is 48.5 Å². The van der Waals surface area contributed by atoms with Gasteiger partial charge in [0.1, 0.15) is 6.04 Å². The SMILES string of the molecule is O=C1Nc2ccc(-c3ccccc3)cc2C(=O)N2CCN(C(=O)C3CCCC3)C[C@@H]12. The minimum atomic E-state index is -0.649. The molecule has 0 unspecified atom stereocenters. The van der Waals surface area contributed by atoms with E-state index >= 15 is 0 Å². The highest BCUT2D eigenvalue weighted by molar-refractivity contribution is 6.10. The molecule has 5 rings (SSSR count). The zero-order valence-corrected chi connectivity index (χ0v) is 16.8. The molecule has 0 aromatic heterocycles. The van der Waals surface area contributed by atoms with Crippen molar-refractivity contribution in [3.63, 3.8) is 0 Å². The van der Waals surface area contributed by atoms with E-state index in [1.165, 1.54) is 0 Å². The lowest BCUT2D eigenvalue weighted by Gasteiger charge is -2.40. The van der Waals surface area contributed by atoms with Gasteiger partial charge in [-0.3, -0.25) is 14.4 Å². The van der Waals surface area contributed by atoms with Crippen molar-refractivity contribution in [3.8, 4) is 11.1 Å². The number of piperazine rings is 1. The Labute approximate surface area is 175 Å². The van der Waals surface area contributed by atoms with Crippen LogP contribution in [0.5, 0.6) is 0 Å². The molecule has 0 bridgehead atoms. The molecule has 0 radical (unpaired) electrons. The second-order valence-electron chi connectivity index (χ2n) is 8.40. The number of hydrogen-bond acceptors (Lipinski definition) is 3. The van der Waals surface area contributed by atoms with E-state index in [-0.39, 0.29) is 30.2 Å². The standard InChI is InChI=1S/C24H25N3O3/c28-22-21-15-26(23(29)17-8-4-5-9-17)12-13-27(21)24(30)19-14-18(10-11-20(19)25-22)16-6-2-1-3-7-16/h1-3,6-7,10-11,14,17,21H,4-5,8-9,12-13,15H2,(H,25,28)/t21-/m0/s1. The maximum absolute atomic E-state index is 13.4. The summed E-state index contributed by atoms with van der Waals surface area (Å²) in [6.45, 7) is 1.13. The Morgan fingerprint density at radius 2 is 1.70 bits per heavy atom. The van der Waals surface area contributed by atoms with E-state index in [2.05, 4.69) is 5.32 Å². The first-order chi connectivity index (χ1) is 14.6. The van der Waals surface area contributed by atoms with Gasteiger partial charge in [-0.1, -0.05) is 49.2 Å². The molecule has 3 aliphatic rings. The maximum Gasteiger partial charge on any atom is 0.256 e. The lowest BCUT2D eigenvalue weighted by Crippen LogP contribution is -2.60. The molecule has 30 heavy (non-hydrogen) atoms. The van der Waals surface area contributed by atoms with Gasteiger partial charge in [0.15, 0.2) is 0 Å². The fraction of sp³-hybridized carbons (Fsp3) is 0.375. The molecule has 2 aromatic carbocycles. The highest BCUT2D eigenvalue weighted by atomic mass is 16.2. The summed E-state index contributed by atoms with van der Waals surface area (Å²) in [5.41, 5.74) is 2.99. The van der Waals surface area contributed by atoms with Gasteiger partial charge >= 0.3 is 0 Å². The molecule has 2 heterocycles. The molecule has 1 N–H and O–H groups in total. The molecular weight excluding hydrogens is 378 g/mol. The van der Waals surface area contributed by atoms with Gasteiger partial charge in [0.25, 0.3) is 5.91 Å². The van der Waals surface area contributed by atoms with Crippen LogP contribution < -0.4 is 5.32 Å². The molecule has 6 nitrogen and oxygen atoms in total. The zero-order valence-electron chi connectivity index (χ0n) is 16.8. The van der Waals surface area contributed by atoms with Crippen LogP contribution in [-0.4, -0.2) is 53.2 Å². The average molecular weight is 403 g/mol. The van der Waals surface area contributed by atoms with Gasteiger partial charge in [-0.05, 0) is 36.1 Å². The van der Waals surface area contributed by atoms with Gasteiger partial charge in [0.2, 0.25) is 11.8 Å². The van der Waals surface area contributed by atoms with Crippen LogP contribution in [0, 0.1) is 5.92 Å². The number of carbonyl (C=O) groups excluding carboxylic acids is 3. The Balaban J connectivity index is 1.42. The molecule has 1 atom stereocenters. The van der Waals surface area contributed by atoms with E-state index in [1.54, 1.807) is 15.9 Å². The number of fused-ring (bicyclic) bond motifs is 2. The Kier molecular flexibility index (Phi) is 4.77. The minimum absolute atomic E-state index is 0.0757. The molecule has 2 aromatic rings. The van der Waals surface area contributed by atoms with Gasteiger partial charge in [-0.2, -0.15) is 0 Å². The number of benzene rings is 2. The van der Waals surface area contributed by atoms with Crippen molar-refractivity contribution >= 4 is 23.4 Å². The van der Waals surface area contributed by atoms with Gasteiger partial charge in [0.05, 0.1) is 17.8 Å². The highest BCUT2D eigenvalue weighted by Gasteiger charge is 2.41. The van der Waals surface area contributed by atoms with Gasteiger partial charge < -0.3 is 15.1 Å². The number of rotatable bonds is 2. The topological polar surface area (TPSA) is 69.7 Å². The predicted molar refractivity (Wildman–Crippen MR) is 114 cm³/mol. The molecule has 6 heteroatoms. The number of carbonyl (C=O) groups is 3. The molecule has 1 saturated carbocycles. The number of anilines is 1. The van der Waals surface area contributed by atoms with E-state index in [9.17, 15) is 14.4 Å². The van der Waals surface area contributed by atoms with Crippen molar-refractivity contribution < 1.29 is 14.4 Å². The van der Waals surface area contributed by atoms with E-state index < -0.39 is 6.04 Å². The lowest BCUT2D eigenvalue weighted by atomic mass is 10.0. The summed E-state index contributed by atoms with van der Waals surface area (Å²) in [6.07, 6.45) is 4.06. The Hall–Kier alpha value is -3.15. The van der Waals surface area contributed by atoms with Gasteiger partial charge in [-0.25, -0.2) is 0 Å².